The summed E-state index contributed by atoms with van der Waals surface area (Å²) in [6.07, 6.45) is 1.21. The van der Waals surface area contributed by atoms with Gasteiger partial charge in [-0.3, -0.25) is 0 Å². The van der Waals surface area contributed by atoms with Gasteiger partial charge in [0, 0.05) is 11.6 Å². The van der Waals surface area contributed by atoms with Crippen molar-refractivity contribution in [3.63, 3.8) is 0 Å². The summed E-state index contributed by atoms with van der Waals surface area (Å²) in [6.45, 7) is 4.10. The molecule has 0 aliphatic carbocycles. The average molecular weight is 338 g/mol. The summed E-state index contributed by atoms with van der Waals surface area (Å²) >= 11 is 6.54. The Bertz CT molecular complexity index is 993. The molecule has 0 saturated heterocycles. The Balaban J connectivity index is 2.28. The van der Waals surface area contributed by atoms with Crippen LogP contribution in [0.25, 0.3) is 21.9 Å². The lowest BCUT2D eigenvalue weighted by atomic mass is 10.1. The fourth-order valence-corrected chi connectivity index (χ4v) is 3.45. The fraction of sp³-hybridized carbons (Fsp3) is 0.333. The van der Waals surface area contributed by atoms with E-state index in [1.165, 1.54) is 6.26 Å². The summed E-state index contributed by atoms with van der Waals surface area (Å²) < 4.78 is 24.4. The number of aryl methyl sites for hydroxylation is 3. The van der Waals surface area contributed by atoms with E-state index in [4.69, 9.17) is 11.6 Å². The highest BCUT2D eigenvalue weighted by Gasteiger charge is 2.17. The number of rotatable bonds is 3. The van der Waals surface area contributed by atoms with Gasteiger partial charge in [-0.15, -0.1) is 0 Å². The molecule has 3 rings (SSSR count). The fourth-order valence-electron chi connectivity index (χ4n) is 2.57. The van der Waals surface area contributed by atoms with Crippen molar-refractivity contribution >= 4 is 43.4 Å². The largest absolute Gasteiger partial charge is 0.246 e. The van der Waals surface area contributed by atoms with E-state index >= 15 is 0 Å². The van der Waals surface area contributed by atoms with Crippen LogP contribution in [-0.4, -0.2) is 35.2 Å². The van der Waals surface area contributed by atoms with E-state index in [-0.39, 0.29) is 12.3 Å². The highest BCUT2D eigenvalue weighted by molar-refractivity contribution is 7.90. The van der Waals surface area contributed by atoms with Crippen LogP contribution >= 0.6 is 11.6 Å². The summed E-state index contributed by atoms with van der Waals surface area (Å²) in [7, 11) is -3.06. The second-order valence-corrected chi connectivity index (χ2v) is 8.17. The van der Waals surface area contributed by atoms with Crippen LogP contribution < -0.4 is 0 Å². The van der Waals surface area contributed by atoms with Gasteiger partial charge in [0.15, 0.2) is 5.65 Å². The molecule has 22 heavy (non-hydrogen) atoms. The van der Waals surface area contributed by atoms with E-state index in [0.29, 0.717) is 10.7 Å². The minimum atomic E-state index is -3.06. The Hall–Kier alpha value is -1.66. The quantitative estimate of drug-likeness (QED) is 0.737. The van der Waals surface area contributed by atoms with Crippen LogP contribution in [0.2, 0.25) is 5.02 Å². The van der Waals surface area contributed by atoms with Gasteiger partial charge in [-0.1, -0.05) is 29.8 Å². The van der Waals surface area contributed by atoms with Crippen molar-refractivity contribution < 1.29 is 8.42 Å². The molecule has 0 radical (unpaired) electrons. The van der Waals surface area contributed by atoms with Crippen LogP contribution in [-0.2, 0) is 16.4 Å². The minimum absolute atomic E-state index is 0.0222. The first-order valence-electron chi connectivity index (χ1n) is 6.87. The van der Waals surface area contributed by atoms with Crippen LogP contribution in [0.15, 0.2) is 18.2 Å². The summed E-state index contributed by atoms with van der Waals surface area (Å²) in [6, 6.07) is 5.85. The lowest BCUT2D eigenvalue weighted by molar-refractivity contribution is 0.588. The lowest BCUT2D eigenvalue weighted by Crippen LogP contribution is -2.12. The summed E-state index contributed by atoms with van der Waals surface area (Å²) in [5, 5.41) is 6.70. The molecule has 0 amide bonds. The Labute approximate surface area is 133 Å². The number of hydrogen-bond donors (Lipinski definition) is 0. The molecule has 0 aliphatic rings. The molecule has 0 saturated carbocycles. The first-order valence-corrected chi connectivity index (χ1v) is 9.31. The number of pyridine rings is 1. The Morgan fingerprint density at radius 1 is 1.27 bits per heavy atom. The van der Waals surface area contributed by atoms with Crippen LogP contribution in [0, 0.1) is 13.8 Å². The molecule has 1 aromatic carbocycles. The van der Waals surface area contributed by atoms with Crippen molar-refractivity contribution in [3.05, 3.63) is 34.5 Å². The SMILES string of the molecule is Cc1cccc2c(Cl)c3c(C)nn(CCS(C)(=O)=O)c3nc12. The van der Waals surface area contributed by atoms with Gasteiger partial charge in [0.2, 0.25) is 0 Å². The molecule has 116 valence electrons. The Morgan fingerprint density at radius 2 is 2.00 bits per heavy atom. The van der Waals surface area contributed by atoms with E-state index < -0.39 is 9.84 Å². The lowest BCUT2D eigenvalue weighted by Gasteiger charge is -2.07. The molecule has 3 aromatic rings. The summed E-state index contributed by atoms with van der Waals surface area (Å²) in [4.78, 5) is 4.68. The maximum atomic E-state index is 11.4. The first-order chi connectivity index (χ1) is 10.3. The van der Waals surface area contributed by atoms with Gasteiger partial charge in [-0.05, 0) is 19.4 Å². The van der Waals surface area contributed by atoms with E-state index in [0.717, 1.165) is 27.5 Å². The highest BCUT2D eigenvalue weighted by atomic mass is 35.5. The predicted octanol–water partition coefficient (Wildman–Crippen LogP) is 2.90. The van der Waals surface area contributed by atoms with Gasteiger partial charge in [0.25, 0.3) is 0 Å². The van der Waals surface area contributed by atoms with Gasteiger partial charge in [0.05, 0.1) is 33.9 Å². The standard InChI is InChI=1S/C15H16ClN3O2S/c1-9-5-4-6-11-13(16)12-10(2)18-19(7-8-22(3,20)21)15(12)17-14(9)11/h4-6H,7-8H2,1-3H3. The molecule has 0 aliphatic heterocycles. The molecular weight excluding hydrogens is 322 g/mol. The number of fused-ring (bicyclic) bond motifs is 2. The van der Waals surface area contributed by atoms with Gasteiger partial charge in [-0.25, -0.2) is 18.1 Å². The predicted molar refractivity (Wildman–Crippen MR) is 89.2 cm³/mol. The third-order valence-corrected chi connectivity index (χ3v) is 5.00. The zero-order valence-electron chi connectivity index (χ0n) is 12.6. The monoisotopic (exact) mass is 337 g/mol. The average Bonchev–Trinajstić information content (AvgIpc) is 2.74. The smallest absolute Gasteiger partial charge is 0.160 e. The number of hydrogen-bond acceptors (Lipinski definition) is 4. The van der Waals surface area contributed by atoms with Crippen molar-refractivity contribution in [1.82, 2.24) is 14.8 Å². The highest BCUT2D eigenvalue weighted by Crippen LogP contribution is 2.33. The maximum absolute atomic E-state index is 11.4. The molecule has 0 spiro atoms. The normalized spacial score (nSPS) is 12.4. The summed E-state index contributed by atoms with van der Waals surface area (Å²) in [5.74, 6) is 0.0222. The van der Waals surface area contributed by atoms with Gasteiger partial charge >= 0.3 is 0 Å². The molecular formula is C15H16ClN3O2S. The number of sulfone groups is 1. The van der Waals surface area contributed by atoms with Crippen molar-refractivity contribution in [2.45, 2.75) is 20.4 Å². The van der Waals surface area contributed by atoms with Crippen molar-refractivity contribution in [2.75, 3.05) is 12.0 Å². The zero-order chi connectivity index (χ0) is 16.1. The zero-order valence-corrected chi connectivity index (χ0v) is 14.2. The molecule has 0 N–H and O–H groups in total. The van der Waals surface area contributed by atoms with E-state index in [1.54, 1.807) is 4.68 Å². The second-order valence-electron chi connectivity index (χ2n) is 5.53. The van der Waals surface area contributed by atoms with Gasteiger partial charge in [0.1, 0.15) is 9.84 Å². The minimum Gasteiger partial charge on any atom is -0.246 e. The Kier molecular flexibility index (Phi) is 3.61. The molecule has 0 bridgehead atoms. The number of halogens is 1. The number of nitrogens with zero attached hydrogens (tertiary/aromatic N) is 3. The second kappa shape index (κ2) is 5.21. The molecule has 0 unspecified atom stereocenters. The summed E-state index contributed by atoms with van der Waals surface area (Å²) in [5.41, 5.74) is 3.23. The van der Waals surface area contributed by atoms with Crippen molar-refractivity contribution in [3.8, 4) is 0 Å². The van der Waals surface area contributed by atoms with E-state index in [1.807, 2.05) is 32.0 Å². The third-order valence-electron chi connectivity index (χ3n) is 3.69. The Morgan fingerprint density at radius 3 is 2.68 bits per heavy atom. The van der Waals surface area contributed by atoms with Crippen LogP contribution in [0.3, 0.4) is 0 Å². The van der Waals surface area contributed by atoms with E-state index in [9.17, 15) is 8.42 Å². The van der Waals surface area contributed by atoms with Gasteiger partial charge < -0.3 is 0 Å². The van der Waals surface area contributed by atoms with Crippen LogP contribution in [0.1, 0.15) is 11.3 Å². The van der Waals surface area contributed by atoms with E-state index in [2.05, 4.69) is 10.1 Å². The topological polar surface area (TPSA) is 64.8 Å². The number of benzene rings is 1. The molecule has 0 atom stereocenters. The first kappa shape index (κ1) is 15.2. The molecule has 7 heteroatoms. The van der Waals surface area contributed by atoms with Gasteiger partial charge in [-0.2, -0.15) is 5.10 Å². The number of aromatic nitrogens is 3. The van der Waals surface area contributed by atoms with Crippen LogP contribution in [0.4, 0.5) is 0 Å². The van der Waals surface area contributed by atoms with Crippen molar-refractivity contribution in [1.29, 1.82) is 0 Å². The third kappa shape index (κ3) is 2.57. The molecule has 5 nitrogen and oxygen atoms in total. The molecule has 0 fully saturated rings. The van der Waals surface area contributed by atoms with Crippen molar-refractivity contribution in [2.24, 2.45) is 0 Å². The molecule has 2 aromatic heterocycles. The molecule has 2 heterocycles. The maximum Gasteiger partial charge on any atom is 0.160 e. The van der Waals surface area contributed by atoms with Crippen LogP contribution in [0.5, 0.6) is 0 Å². The number of para-hydroxylation sites is 1.